The van der Waals surface area contributed by atoms with Gasteiger partial charge in [0.25, 0.3) is 0 Å². The van der Waals surface area contributed by atoms with Crippen LogP contribution in [0.2, 0.25) is 0 Å². The van der Waals surface area contributed by atoms with E-state index in [0.29, 0.717) is 24.2 Å². The summed E-state index contributed by atoms with van der Waals surface area (Å²) >= 11 is 0. The summed E-state index contributed by atoms with van der Waals surface area (Å²) in [6.45, 7) is 2.25. The summed E-state index contributed by atoms with van der Waals surface area (Å²) in [5, 5.41) is 5.78. The Labute approximate surface area is 170 Å². The van der Waals surface area contributed by atoms with Crippen molar-refractivity contribution in [2.24, 2.45) is 11.7 Å². The summed E-state index contributed by atoms with van der Waals surface area (Å²) in [6, 6.07) is 16.0. The maximum Gasteiger partial charge on any atom is 0.248 e. The van der Waals surface area contributed by atoms with Crippen LogP contribution in [-0.4, -0.2) is 42.3 Å². The lowest BCUT2D eigenvalue weighted by molar-refractivity contribution is -0.121. The monoisotopic (exact) mass is 394 g/mol. The van der Waals surface area contributed by atoms with E-state index in [0.717, 1.165) is 31.6 Å². The first-order valence-corrected chi connectivity index (χ1v) is 9.79. The second-order valence-electron chi connectivity index (χ2n) is 7.21. The minimum Gasteiger partial charge on any atom is -0.366 e. The number of carbonyl (C=O) groups is 3. The van der Waals surface area contributed by atoms with Gasteiger partial charge >= 0.3 is 0 Å². The zero-order valence-electron chi connectivity index (χ0n) is 16.3. The number of likely N-dealkylation sites (tertiary alicyclic amines) is 1. The molecule has 0 aromatic heterocycles. The minimum absolute atomic E-state index is 0.00375. The number of primary amides is 1. The van der Waals surface area contributed by atoms with E-state index in [1.54, 1.807) is 24.3 Å². The molecule has 0 saturated carbocycles. The molecule has 152 valence electrons. The number of nitrogens with one attached hydrogen (secondary N) is 2. The summed E-state index contributed by atoms with van der Waals surface area (Å²) in [5.74, 6) is -0.512. The van der Waals surface area contributed by atoms with E-state index >= 15 is 0 Å². The molecule has 1 aliphatic heterocycles. The third kappa shape index (κ3) is 6.15. The zero-order valence-corrected chi connectivity index (χ0v) is 16.3. The largest absolute Gasteiger partial charge is 0.366 e. The maximum atomic E-state index is 12.4. The molecule has 7 heteroatoms. The van der Waals surface area contributed by atoms with Gasteiger partial charge in [-0.05, 0) is 62.3 Å². The highest BCUT2D eigenvalue weighted by Crippen LogP contribution is 2.20. The second-order valence-corrected chi connectivity index (χ2v) is 7.21. The number of amides is 3. The highest BCUT2D eigenvalue weighted by Gasteiger charge is 2.25. The van der Waals surface area contributed by atoms with Crippen molar-refractivity contribution in [3.05, 3.63) is 60.2 Å². The van der Waals surface area contributed by atoms with Crippen LogP contribution in [0.4, 0.5) is 11.4 Å². The van der Waals surface area contributed by atoms with Gasteiger partial charge in [0.15, 0.2) is 0 Å². The van der Waals surface area contributed by atoms with Crippen molar-refractivity contribution in [1.82, 2.24) is 4.90 Å². The van der Waals surface area contributed by atoms with Crippen molar-refractivity contribution in [1.29, 1.82) is 0 Å². The summed E-state index contributed by atoms with van der Waals surface area (Å²) in [7, 11) is 0. The van der Waals surface area contributed by atoms with Crippen LogP contribution in [0.5, 0.6) is 0 Å². The molecule has 29 heavy (non-hydrogen) atoms. The Kier molecular flexibility index (Phi) is 6.97. The van der Waals surface area contributed by atoms with Gasteiger partial charge in [-0.3, -0.25) is 14.4 Å². The normalized spacial score (nSPS) is 14.9. The van der Waals surface area contributed by atoms with Crippen molar-refractivity contribution in [3.8, 4) is 0 Å². The Bertz CT molecular complexity index is 844. The molecule has 0 aliphatic carbocycles. The Morgan fingerprint density at radius 1 is 0.897 bits per heavy atom. The number of nitrogens with two attached hydrogens (primary N) is 1. The van der Waals surface area contributed by atoms with Gasteiger partial charge in [-0.2, -0.15) is 0 Å². The van der Waals surface area contributed by atoms with E-state index in [1.807, 2.05) is 30.3 Å². The Morgan fingerprint density at radius 3 is 2.14 bits per heavy atom. The van der Waals surface area contributed by atoms with Crippen molar-refractivity contribution < 1.29 is 14.4 Å². The third-order valence-corrected chi connectivity index (χ3v) is 5.11. The quantitative estimate of drug-likeness (QED) is 0.671. The summed E-state index contributed by atoms with van der Waals surface area (Å²) in [6.07, 6.45) is 1.95. The van der Waals surface area contributed by atoms with Crippen LogP contribution in [-0.2, 0) is 9.59 Å². The van der Waals surface area contributed by atoms with E-state index in [1.165, 1.54) is 0 Å². The molecule has 0 unspecified atom stereocenters. The zero-order chi connectivity index (χ0) is 20.6. The lowest BCUT2D eigenvalue weighted by atomic mass is 9.95. The predicted molar refractivity (Wildman–Crippen MR) is 112 cm³/mol. The Balaban J connectivity index is 1.37. The molecule has 2 aromatic rings. The Morgan fingerprint density at radius 2 is 1.52 bits per heavy atom. The van der Waals surface area contributed by atoms with Gasteiger partial charge < -0.3 is 21.3 Å². The van der Waals surface area contributed by atoms with Crippen molar-refractivity contribution in [3.63, 3.8) is 0 Å². The fraction of sp³-hybridized carbons (Fsp3) is 0.318. The van der Waals surface area contributed by atoms with E-state index in [4.69, 9.17) is 5.73 Å². The number of anilines is 2. The Hall–Kier alpha value is -3.19. The molecule has 3 amide bonds. The third-order valence-electron chi connectivity index (χ3n) is 5.11. The van der Waals surface area contributed by atoms with Gasteiger partial charge in [0, 0.05) is 35.8 Å². The van der Waals surface area contributed by atoms with Crippen LogP contribution in [0.3, 0.4) is 0 Å². The van der Waals surface area contributed by atoms with Crippen LogP contribution >= 0.6 is 0 Å². The topological polar surface area (TPSA) is 105 Å². The highest BCUT2D eigenvalue weighted by molar-refractivity contribution is 5.95. The van der Waals surface area contributed by atoms with Gasteiger partial charge in [0.2, 0.25) is 17.7 Å². The van der Waals surface area contributed by atoms with E-state index in [-0.39, 0.29) is 17.7 Å². The second kappa shape index (κ2) is 9.84. The summed E-state index contributed by atoms with van der Waals surface area (Å²) < 4.78 is 0. The standard InChI is InChI=1S/C22H26N4O3/c23-21(28)16-6-8-19(9-7-16)24-20(27)12-15-26-13-10-17(11-14-26)22(29)25-18-4-2-1-3-5-18/h1-9,17H,10-15H2,(H2,23,28)(H,24,27)(H,25,29). The van der Waals surface area contributed by atoms with E-state index in [2.05, 4.69) is 15.5 Å². The molecule has 0 radical (unpaired) electrons. The van der Waals surface area contributed by atoms with Crippen molar-refractivity contribution in [2.45, 2.75) is 19.3 Å². The van der Waals surface area contributed by atoms with E-state index in [9.17, 15) is 14.4 Å². The molecular weight excluding hydrogens is 368 g/mol. The van der Waals surface area contributed by atoms with Crippen molar-refractivity contribution >= 4 is 29.1 Å². The number of rotatable bonds is 7. The minimum atomic E-state index is -0.497. The van der Waals surface area contributed by atoms with Crippen LogP contribution in [0.1, 0.15) is 29.6 Å². The van der Waals surface area contributed by atoms with Gasteiger partial charge in [-0.1, -0.05) is 18.2 Å². The molecule has 1 heterocycles. The molecule has 1 aliphatic rings. The number of piperidine rings is 1. The molecule has 1 saturated heterocycles. The fourth-order valence-electron chi connectivity index (χ4n) is 3.39. The lowest BCUT2D eigenvalue weighted by Crippen LogP contribution is -2.39. The van der Waals surface area contributed by atoms with Gasteiger partial charge in [-0.25, -0.2) is 0 Å². The molecular formula is C22H26N4O3. The van der Waals surface area contributed by atoms with Gasteiger partial charge in [0.05, 0.1) is 0 Å². The summed E-state index contributed by atoms with van der Waals surface area (Å²) in [4.78, 5) is 37.8. The number of nitrogens with zero attached hydrogens (tertiary/aromatic N) is 1. The molecule has 0 atom stereocenters. The molecule has 4 N–H and O–H groups in total. The number of hydrogen-bond donors (Lipinski definition) is 3. The average molecular weight is 394 g/mol. The molecule has 1 fully saturated rings. The van der Waals surface area contributed by atoms with Crippen molar-refractivity contribution in [2.75, 3.05) is 30.3 Å². The average Bonchev–Trinajstić information content (AvgIpc) is 2.74. The fourth-order valence-corrected chi connectivity index (χ4v) is 3.39. The smallest absolute Gasteiger partial charge is 0.248 e. The molecule has 0 spiro atoms. The first kappa shape index (κ1) is 20.5. The molecule has 2 aromatic carbocycles. The maximum absolute atomic E-state index is 12.4. The van der Waals surface area contributed by atoms with Crippen LogP contribution < -0.4 is 16.4 Å². The number of benzene rings is 2. The number of carbonyl (C=O) groups excluding carboxylic acids is 3. The lowest BCUT2D eigenvalue weighted by Gasteiger charge is -2.31. The SMILES string of the molecule is NC(=O)c1ccc(NC(=O)CCN2CCC(C(=O)Nc3ccccc3)CC2)cc1. The van der Waals surface area contributed by atoms with Gasteiger partial charge in [0.1, 0.15) is 0 Å². The number of hydrogen-bond acceptors (Lipinski definition) is 4. The first-order chi connectivity index (χ1) is 14.0. The molecule has 3 rings (SSSR count). The molecule has 7 nitrogen and oxygen atoms in total. The van der Waals surface area contributed by atoms with E-state index < -0.39 is 5.91 Å². The first-order valence-electron chi connectivity index (χ1n) is 9.79. The van der Waals surface area contributed by atoms with Crippen LogP contribution in [0, 0.1) is 5.92 Å². The molecule has 0 bridgehead atoms. The van der Waals surface area contributed by atoms with Crippen LogP contribution in [0.25, 0.3) is 0 Å². The summed E-state index contributed by atoms with van der Waals surface area (Å²) in [5.41, 5.74) is 7.07. The van der Waals surface area contributed by atoms with Gasteiger partial charge in [-0.15, -0.1) is 0 Å². The highest BCUT2D eigenvalue weighted by atomic mass is 16.2. The predicted octanol–water partition coefficient (Wildman–Crippen LogP) is 2.46. The number of para-hydroxylation sites is 1. The van der Waals surface area contributed by atoms with Crippen LogP contribution in [0.15, 0.2) is 54.6 Å².